The summed E-state index contributed by atoms with van der Waals surface area (Å²) >= 11 is 3.39. The highest BCUT2D eigenvalue weighted by Crippen LogP contribution is 2.53. The number of rotatable bonds is 3. The summed E-state index contributed by atoms with van der Waals surface area (Å²) in [4.78, 5) is 42.4. The van der Waals surface area contributed by atoms with Gasteiger partial charge < -0.3 is 10.4 Å². The maximum Gasteiger partial charge on any atom is 0.250 e. The van der Waals surface area contributed by atoms with E-state index in [4.69, 9.17) is 0 Å². The van der Waals surface area contributed by atoms with Crippen molar-refractivity contribution in [3.8, 4) is 5.75 Å². The first-order valence-corrected chi connectivity index (χ1v) is 11.8. The van der Waals surface area contributed by atoms with Crippen LogP contribution in [0.25, 0.3) is 0 Å². The lowest BCUT2D eigenvalue weighted by molar-refractivity contribution is -0.130. The third kappa shape index (κ3) is 2.88. The van der Waals surface area contributed by atoms with Gasteiger partial charge in [0.05, 0.1) is 17.5 Å². The number of fused-ring (bicyclic) bond motifs is 4. The number of halogens is 1. The van der Waals surface area contributed by atoms with Gasteiger partial charge in [-0.1, -0.05) is 46.3 Å². The monoisotopic (exact) mass is 517 g/mol. The smallest absolute Gasteiger partial charge is 0.250 e. The molecule has 34 heavy (non-hydrogen) atoms. The molecular weight excluding hydrogens is 498 g/mol. The predicted octanol–water partition coefficient (Wildman–Crippen LogP) is 3.32. The fraction of sp³-hybridized carbons (Fsp3) is 0.192. The Bertz CT molecular complexity index is 1340. The van der Waals surface area contributed by atoms with Crippen molar-refractivity contribution in [3.05, 3.63) is 88.4 Å². The second-order valence-electron chi connectivity index (χ2n) is 8.92. The fourth-order valence-corrected chi connectivity index (χ4v) is 5.93. The topological polar surface area (TPSA) is 98.7 Å². The van der Waals surface area contributed by atoms with Crippen molar-refractivity contribution in [1.82, 2.24) is 5.32 Å². The molecule has 3 aromatic rings. The number of para-hydroxylation sites is 1. The lowest BCUT2D eigenvalue weighted by atomic mass is 9.76. The molecule has 4 atom stereocenters. The molecule has 1 spiro atoms. The van der Waals surface area contributed by atoms with Gasteiger partial charge in [0.2, 0.25) is 17.7 Å². The zero-order chi connectivity index (χ0) is 23.6. The zero-order valence-corrected chi connectivity index (χ0v) is 19.5. The fourth-order valence-electron chi connectivity index (χ4n) is 5.66. The number of phenols is 1. The summed E-state index contributed by atoms with van der Waals surface area (Å²) in [6.07, 6.45) is 0.422. The van der Waals surface area contributed by atoms with Crippen molar-refractivity contribution >= 4 is 45.0 Å². The van der Waals surface area contributed by atoms with Gasteiger partial charge in [-0.05, 0) is 54.4 Å². The van der Waals surface area contributed by atoms with E-state index in [9.17, 15) is 19.5 Å². The summed E-state index contributed by atoms with van der Waals surface area (Å²) < 4.78 is 0.836. The van der Waals surface area contributed by atoms with E-state index in [2.05, 4.69) is 26.6 Å². The Morgan fingerprint density at radius 1 is 0.912 bits per heavy atom. The number of carbonyl (C=O) groups is 3. The Labute approximate surface area is 203 Å². The second-order valence-corrected chi connectivity index (χ2v) is 9.84. The SMILES string of the molecule is O=C1[C@@H]2[C@H](Cc3ccc(O)cc3)N[C@]3(C(=O)Nc4ccccc43)[C@H]2C(=O)N1c1ccc(Br)cc1. The number of imide groups is 1. The highest BCUT2D eigenvalue weighted by atomic mass is 79.9. The lowest BCUT2D eigenvalue weighted by Crippen LogP contribution is -2.53. The van der Waals surface area contributed by atoms with Crippen LogP contribution in [0.2, 0.25) is 0 Å². The van der Waals surface area contributed by atoms with Crippen LogP contribution in [-0.2, 0) is 26.3 Å². The summed E-state index contributed by atoms with van der Waals surface area (Å²) in [5.41, 5.74) is 1.37. The van der Waals surface area contributed by atoms with E-state index in [1.165, 1.54) is 4.90 Å². The molecular formula is C26H20BrN3O4. The molecule has 0 aliphatic carbocycles. The van der Waals surface area contributed by atoms with Crippen LogP contribution in [0.1, 0.15) is 11.1 Å². The van der Waals surface area contributed by atoms with E-state index in [1.54, 1.807) is 54.6 Å². The molecule has 8 heteroatoms. The van der Waals surface area contributed by atoms with E-state index >= 15 is 0 Å². The van der Waals surface area contributed by atoms with Gasteiger partial charge in [-0.2, -0.15) is 0 Å². The lowest BCUT2D eigenvalue weighted by Gasteiger charge is -2.29. The first kappa shape index (κ1) is 21.1. The van der Waals surface area contributed by atoms with Crippen molar-refractivity contribution < 1.29 is 19.5 Å². The Hall–Kier alpha value is -3.49. The minimum atomic E-state index is -1.33. The number of aromatic hydroxyl groups is 1. The summed E-state index contributed by atoms with van der Waals surface area (Å²) in [7, 11) is 0. The average molecular weight is 518 g/mol. The van der Waals surface area contributed by atoms with Crippen LogP contribution < -0.4 is 15.5 Å². The number of hydrogen-bond acceptors (Lipinski definition) is 5. The van der Waals surface area contributed by atoms with Crippen LogP contribution in [0.4, 0.5) is 11.4 Å². The van der Waals surface area contributed by atoms with E-state index in [0.29, 0.717) is 23.4 Å². The molecule has 0 saturated carbocycles. The van der Waals surface area contributed by atoms with Gasteiger partial charge in [0.1, 0.15) is 11.3 Å². The van der Waals surface area contributed by atoms with Crippen LogP contribution in [0, 0.1) is 11.8 Å². The van der Waals surface area contributed by atoms with Gasteiger partial charge in [0, 0.05) is 21.8 Å². The first-order valence-electron chi connectivity index (χ1n) is 11.0. The van der Waals surface area contributed by atoms with Crippen LogP contribution in [-0.4, -0.2) is 28.9 Å². The number of anilines is 2. The third-order valence-electron chi connectivity index (χ3n) is 7.10. The predicted molar refractivity (Wildman–Crippen MR) is 129 cm³/mol. The second kappa shape index (κ2) is 7.51. The number of hydrogen-bond donors (Lipinski definition) is 3. The molecule has 3 aliphatic rings. The van der Waals surface area contributed by atoms with Crippen LogP contribution >= 0.6 is 15.9 Å². The van der Waals surface area contributed by atoms with Gasteiger partial charge in [-0.15, -0.1) is 0 Å². The number of nitrogens with zero attached hydrogens (tertiary/aromatic N) is 1. The largest absolute Gasteiger partial charge is 0.508 e. The van der Waals surface area contributed by atoms with E-state index in [1.807, 2.05) is 18.2 Å². The van der Waals surface area contributed by atoms with Crippen molar-refractivity contribution in [2.45, 2.75) is 18.0 Å². The maximum atomic E-state index is 13.9. The van der Waals surface area contributed by atoms with Gasteiger partial charge >= 0.3 is 0 Å². The third-order valence-corrected chi connectivity index (χ3v) is 7.63. The average Bonchev–Trinajstić information content (AvgIpc) is 3.41. The molecule has 0 radical (unpaired) electrons. The first-order chi connectivity index (χ1) is 16.4. The van der Waals surface area contributed by atoms with Crippen molar-refractivity contribution in [2.75, 3.05) is 10.2 Å². The van der Waals surface area contributed by atoms with Gasteiger partial charge in [0.15, 0.2) is 0 Å². The maximum absolute atomic E-state index is 13.9. The van der Waals surface area contributed by atoms with Gasteiger partial charge in [-0.25, -0.2) is 4.90 Å². The summed E-state index contributed by atoms with van der Waals surface area (Å²) in [5.74, 6) is -2.48. The number of carbonyl (C=O) groups excluding carboxylic acids is 3. The van der Waals surface area contributed by atoms with Crippen LogP contribution in [0.3, 0.4) is 0 Å². The van der Waals surface area contributed by atoms with E-state index < -0.39 is 23.4 Å². The highest BCUT2D eigenvalue weighted by Gasteiger charge is 2.70. The molecule has 2 saturated heterocycles. The number of nitrogens with one attached hydrogen (secondary N) is 2. The van der Waals surface area contributed by atoms with Crippen LogP contribution in [0.5, 0.6) is 5.75 Å². The summed E-state index contributed by atoms with van der Waals surface area (Å²) in [6, 6.07) is 20.6. The molecule has 3 heterocycles. The van der Waals surface area contributed by atoms with Crippen LogP contribution in [0.15, 0.2) is 77.3 Å². The number of amides is 3. The Morgan fingerprint density at radius 2 is 1.62 bits per heavy atom. The van der Waals surface area contributed by atoms with Crippen molar-refractivity contribution in [1.29, 1.82) is 0 Å². The molecule has 3 aliphatic heterocycles. The normalized spacial score (nSPS) is 27.3. The molecule has 6 rings (SSSR count). The quantitative estimate of drug-likeness (QED) is 0.463. The molecule has 3 amide bonds. The Balaban J connectivity index is 1.48. The minimum absolute atomic E-state index is 0.148. The molecule has 3 aromatic carbocycles. The molecule has 170 valence electrons. The zero-order valence-electron chi connectivity index (χ0n) is 17.9. The molecule has 0 unspecified atom stereocenters. The standard InChI is InChI=1S/C26H20BrN3O4/c27-15-7-9-16(10-8-15)30-23(32)21-20(13-14-5-11-17(31)12-6-14)29-26(22(21)24(30)33)18-3-1-2-4-19(18)28-25(26)34/h1-12,20-22,29,31H,13H2,(H,28,34)/t20-,21+,22+,26-/m0/s1. The number of phenolic OH excluding ortho intramolecular Hbond substituents is 1. The summed E-state index contributed by atoms with van der Waals surface area (Å²) in [6.45, 7) is 0. The van der Waals surface area contributed by atoms with E-state index in [-0.39, 0.29) is 23.5 Å². The van der Waals surface area contributed by atoms with E-state index in [0.717, 1.165) is 10.0 Å². The van der Waals surface area contributed by atoms with Gasteiger partial charge in [0.25, 0.3) is 0 Å². The number of benzene rings is 3. The minimum Gasteiger partial charge on any atom is -0.508 e. The Morgan fingerprint density at radius 3 is 2.35 bits per heavy atom. The highest BCUT2D eigenvalue weighted by molar-refractivity contribution is 9.10. The Kier molecular flexibility index (Phi) is 4.65. The molecule has 3 N–H and O–H groups in total. The summed E-state index contributed by atoms with van der Waals surface area (Å²) in [5, 5.41) is 16.0. The van der Waals surface area contributed by atoms with Gasteiger partial charge in [-0.3, -0.25) is 19.7 Å². The van der Waals surface area contributed by atoms with Crippen molar-refractivity contribution in [2.24, 2.45) is 11.8 Å². The molecule has 0 aromatic heterocycles. The molecule has 0 bridgehead atoms. The molecule has 2 fully saturated rings. The molecule has 7 nitrogen and oxygen atoms in total. The van der Waals surface area contributed by atoms with Crippen molar-refractivity contribution in [3.63, 3.8) is 0 Å².